The summed E-state index contributed by atoms with van der Waals surface area (Å²) in [6, 6.07) is 19.4. The van der Waals surface area contributed by atoms with Crippen molar-refractivity contribution in [2.75, 3.05) is 0 Å². The van der Waals surface area contributed by atoms with Crippen LogP contribution in [-0.2, 0) is 6.42 Å². The summed E-state index contributed by atoms with van der Waals surface area (Å²) in [7, 11) is 0. The van der Waals surface area contributed by atoms with Gasteiger partial charge in [-0.2, -0.15) is 0 Å². The first-order valence-electron chi connectivity index (χ1n) is 9.21. The summed E-state index contributed by atoms with van der Waals surface area (Å²) >= 11 is 0. The second-order valence-corrected chi connectivity index (χ2v) is 6.86. The van der Waals surface area contributed by atoms with Gasteiger partial charge in [0.25, 0.3) is 5.91 Å². The minimum Gasteiger partial charge on any atom is -0.455 e. The molecule has 136 valence electrons. The number of ketones is 1. The van der Waals surface area contributed by atoms with E-state index in [1.54, 1.807) is 6.92 Å². The van der Waals surface area contributed by atoms with E-state index in [2.05, 4.69) is 5.32 Å². The number of benzene rings is 2. The minimum absolute atomic E-state index is 0.0687. The van der Waals surface area contributed by atoms with Crippen molar-refractivity contribution in [2.24, 2.45) is 0 Å². The van der Waals surface area contributed by atoms with Crippen molar-refractivity contribution < 1.29 is 14.0 Å². The number of carbonyl (C=O) groups is 2. The summed E-state index contributed by atoms with van der Waals surface area (Å²) in [4.78, 5) is 25.2. The standard InChI is InChI=1S/C23H21NO3/c1-15-20-18(25)13-8-14-19(20)27-22(15)23(26)24-21(16-9-4-2-5-10-16)17-11-6-3-7-12-17/h2-7,9-12,21H,8,13-14H2,1H3,(H,24,26). The van der Waals surface area contributed by atoms with Gasteiger partial charge in [-0.3, -0.25) is 9.59 Å². The van der Waals surface area contributed by atoms with Gasteiger partial charge in [-0.1, -0.05) is 60.7 Å². The first-order chi connectivity index (χ1) is 13.1. The monoisotopic (exact) mass is 359 g/mol. The van der Waals surface area contributed by atoms with E-state index in [9.17, 15) is 9.59 Å². The smallest absolute Gasteiger partial charge is 0.288 e. The molecule has 1 heterocycles. The van der Waals surface area contributed by atoms with E-state index in [4.69, 9.17) is 4.42 Å². The number of Topliss-reactive ketones (excluding diaryl/α,β-unsaturated/α-hetero) is 1. The topological polar surface area (TPSA) is 59.3 Å². The minimum atomic E-state index is -0.299. The molecular formula is C23H21NO3. The molecular weight excluding hydrogens is 338 g/mol. The van der Waals surface area contributed by atoms with Crippen LogP contribution in [0, 0.1) is 6.92 Å². The van der Waals surface area contributed by atoms with Gasteiger partial charge in [-0.05, 0) is 24.5 Å². The molecule has 4 nitrogen and oxygen atoms in total. The molecule has 0 atom stereocenters. The highest BCUT2D eigenvalue weighted by molar-refractivity contribution is 6.03. The fourth-order valence-corrected chi connectivity index (χ4v) is 3.71. The predicted octanol–water partition coefficient (Wildman–Crippen LogP) is 4.63. The second-order valence-electron chi connectivity index (χ2n) is 6.86. The van der Waals surface area contributed by atoms with Crippen LogP contribution in [0.15, 0.2) is 65.1 Å². The number of amides is 1. The Morgan fingerprint density at radius 1 is 0.963 bits per heavy atom. The van der Waals surface area contributed by atoms with Crippen LogP contribution in [0.5, 0.6) is 0 Å². The number of nitrogens with one attached hydrogen (secondary N) is 1. The largest absolute Gasteiger partial charge is 0.455 e. The Morgan fingerprint density at radius 3 is 2.11 bits per heavy atom. The molecule has 0 bridgehead atoms. The van der Waals surface area contributed by atoms with Crippen LogP contribution in [0.2, 0.25) is 0 Å². The maximum atomic E-state index is 13.0. The van der Waals surface area contributed by atoms with E-state index < -0.39 is 0 Å². The van der Waals surface area contributed by atoms with Crippen molar-refractivity contribution in [2.45, 2.75) is 32.2 Å². The molecule has 0 radical (unpaired) electrons. The molecule has 27 heavy (non-hydrogen) atoms. The number of rotatable bonds is 4. The van der Waals surface area contributed by atoms with Gasteiger partial charge >= 0.3 is 0 Å². The molecule has 1 aliphatic rings. The van der Waals surface area contributed by atoms with Crippen LogP contribution in [0.4, 0.5) is 0 Å². The van der Waals surface area contributed by atoms with Crippen LogP contribution in [0.3, 0.4) is 0 Å². The zero-order valence-corrected chi connectivity index (χ0v) is 15.2. The Bertz CT molecular complexity index is 934. The lowest BCUT2D eigenvalue weighted by Gasteiger charge is -2.19. The zero-order valence-electron chi connectivity index (χ0n) is 15.2. The van der Waals surface area contributed by atoms with Crippen molar-refractivity contribution in [3.8, 4) is 0 Å². The highest BCUT2D eigenvalue weighted by Crippen LogP contribution is 2.30. The van der Waals surface area contributed by atoms with Crippen molar-refractivity contribution in [3.63, 3.8) is 0 Å². The van der Waals surface area contributed by atoms with Gasteiger partial charge in [0, 0.05) is 18.4 Å². The van der Waals surface area contributed by atoms with E-state index in [1.807, 2.05) is 60.7 Å². The van der Waals surface area contributed by atoms with E-state index >= 15 is 0 Å². The Kier molecular flexibility index (Phi) is 4.63. The molecule has 1 N–H and O–H groups in total. The Balaban J connectivity index is 1.68. The first-order valence-corrected chi connectivity index (χ1v) is 9.21. The van der Waals surface area contributed by atoms with Gasteiger partial charge in [0.05, 0.1) is 11.6 Å². The summed E-state index contributed by atoms with van der Waals surface area (Å²) in [5.41, 5.74) is 3.22. The number of carbonyl (C=O) groups excluding carboxylic acids is 2. The van der Waals surface area contributed by atoms with E-state index in [0.717, 1.165) is 17.5 Å². The summed E-state index contributed by atoms with van der Waals surface area (Å²) < 4.78 is 5.81. The van der Waals surface area contributed by atoms with E-state index in [1.165, 1.54) is 0 Å². The molecule has 0 spiro atoms. The summed E-state index contributed by atoms with van der Waals surface area (Å²) in [5, 5.41) is 3.09. The highest BCUT2D eigenvalue weighted by Gasteiger charge is 2.30. The Labute approximate surface area is 158 Å². The molecule has 4 rings (SSSR count). The molecule has 0 fully saturated rings. The predicted molar refractivity (Wildman–Crippen MR) is 103 cm³/mol. The van der Waals surface area contributed by atoms with Crippen LogP contribution in [0.1, 0.15) is 62.2 Å². The number of furan rings is 1. The van der Waals surface area contributed by atoms with Crippen molar-refractivity contribution in [1.82, 2.24) is 5.32 Å². The van der Waals surface area contributed by atoms with E-state index in [0.29, 0.717) is 29.7 Å². The number of fused-ring (bicyclic) bond motifs is 1. The van der Waals surface area contributed by atoms with Crippen molar-refractivity contribution >= 4 is 11.7 Å². The normalized spacial score (nSPS) is 13.5. The summed E-state index contributed by atoms with van der Waals surface area (Å²) in [6.07, 6.45) is 2.00. The molecule has 0 saturated carbocycles. The van der Waals surface area contributed by atoms with Gasteiger partial charge in [0.1, 0.15) is 5.76 Å². The number of hydrogen-bond donors (Lipinski definition) is 1. The van der Waals surface area contributed by atoms with Crippen LogP contribution >= 0.6 is 0 Å². The summed E-state index contributed by atoms with van der Waals surface area (Å²) in [6.45, 7) is 1.79. The molecule has 1 aliphatic carbocycles. The maximum absolute atomic E-state index is 13.0. The molecule has 3 aromatic rings. The quantitative estimate of drug-likeness (QED) is 0.739. The van der Waals surface area contributed by atoms with Gasteiger partial charge in [0.15, 0.2) is 11.5 Å². The van der Waals surface area contributed by atoms with E-state index in [-0.39, 0.29) is 23.5 Å². The van der Waals surface area contributed by atoms with Gasteiger partial charge in [0.2, 0.25) is 0 Å². The van der Waals surface area contributed by atoms with Crippen molar-refractivity contribution in [3.05, 3.63) is 94.4 Å². The molecule has 0 saturated heterocycles. The maximum Gasteiger partial charge on any atom is 0.288 e. The molecule has 0 aliphatic heterocycles. The SMILES string of the molecule is Cc1c(C(=O)NC(c2ccccc2)c2ccccc2)oc2c1C(=O)CCC2. The van der Waals surface area contributed by atoms with Gasteiger partial charge < -0.3 is 9.73 Å². The van der Waals surface area contributed by atoms with Crippen LogP contribution < -0.4 is 5.32 Å². The van der Waals surface area contributed by atoms with Crippen LogP contribution in [0.25, 0.3) is 0 Å². The fourth-order valence-electron chi connectivity index (χ4n) is 3.71. The lowest BCUT2D eigenvalue weighted by Crippen LogP contribution is -2.29. The fraction of sp³-hybridized carbons (Fsp3) is 0.217. The average molecular weight is 359 g/mol. The number of aryl methyl sites for hydroxylation is 1. The highest BCUT2D eigenvalue weighted by atomic mass is 16.4. The molecule has 1 amide bonds. The number of hydrogen-bond acceptors (Lipinski definition) is 3. The average Bonchev–Trinajstić information content (AvgIpc) is 3.05. The third kappa shape index (κ3) is 3.31. The Hall–Kier alpha value is -3.14. The summed E-state index contributed by atoms with van der Waals surface area (Å²) in [5.74, 6) is 0.656. The zero-order chi connectivity index (χ0) is 18.8. The molecule has 0 unspecified atom stereocenters. The molecule has 2 aromatic carbocycles. The van der Waals surface area contributed by atoms with Gasteiger partial charge in [-0.25, -0.2) is 0 Å². The lowest BCUT2D eigenvalue weighted by atomic mass is 9.94. The molecule has 1 aromatic heterocycles. The van der Waals surface area contributed by atoms with Gasteiger partial charge in [-0.15, -0.1) is 0 Å². The van der Waals surface area contributed by atoms with Crippen LogP contribution in [-0.4, -0.2) is 11.7 Å². The second kappa shape index (κ2) is 7.23. The Morgan fingerprint density at radius 2 is 1.56 bits per heavy atom. The molecule has 4 heteroatoms. The van der Waals surface area contributed by atoms with Crippen molar-refractivity contribution in [1.29, 1.82) is 0 Å². The first kappa shape index (κ1) is 17.3. The lowest BCUT2D eigenvalue weighted by molar-refractivity contribution is 0.0909. The third-order valence-electron chi connectivity index (χ3n) is 5.05. The third-order valence-corrected chi connectivity index (χ3v) is 5.05.